The van der Waals surface area contributed by atoms with Crippen LogP contribution in [0.1, 0.15) is 41.3 Å². The summed E-state index contributed by atoms with van der Waals surface area (Å²) in [6.07, 6.45) is 2.03. The molecule has 4 aromatic rings. The largest absolute Gasteiger partial charge is 0.354 e. The summed E-state index contributed by atoms with van der Waals surface area (Å²) in [5.74, 6) is -0.893. The van der Waals surface area contributed by atoms with E-state index in [0.29, 0.717) is 33.4 Å². The van der Waals surface area contributed by atoms with Crippen LogP contribution in [0, 0.1) is 0 Å². The maximum absolute atomic E-state index is 14.3. The van der Waals surface area contributed by atoms with Gasteiger partial charge in [-0.2, -0.15) is 0 Å². The zero-order valence-corrected chi connectivity index (χ0v) is 24.3. The van der Waals surface area contributed by atoms with Gasteiger partial charge in [0, 0.05) is 46.1 Å². The maximum atomic E-state index is 14.3. The Balaban J connectivity index is 1.52. The molecule has 0 spiro atoms. The molecule has 1 atom stereocenters. The Morgan fingerprint density at radius 3 is 2.29 bits per heavy atom. The van der Waals surface area contributed by atoms with Crippen LogP contribution in [0.2, 0.25) is 10.0 Å². The highest BCUT2D eigenvalue weighted by molar-refractivity contribution is 6.36. The Morgan fingerprint density at radius 1 is 0.902 bits per heavy atom. The second-order valence-electron chi connectivity index (χ2n) is 10.1. The minimum atomic E-state index is -0.857. The number of benzene rings is 4. The van der Waals surface area contributed by atoms with E-state index in [1.807, 2.05) is 60.7 Å². The molecule has 3 amide bonds. The number of rotatable bonds is 11. The zero-order valence-electron chi connectivity index (χ0n) is 22.8. The second kappa shape index (κ2) is 12.8. The van der Waals surface area contributed by atoms with Gasteiger partial charge in [0.05, 0.1) is 5.69 Å². The monoisotopic (exact) mass is 587 g/mol. The predicted octanol–water partition coefficient (Wildman–Crippen LogP) is 6.66. The number of nitrogens with one attached hydrogen (secondary N) is 1. The van der Waals surface area contributed by atoms with Crippen molar-refractivity contribution in [1.29, 1.82) is 0 Å². The van der Waals surface area contributed by atoms with Crippen LogP contribution in [0.3, 0.4) is 0 Å². The summed E-state index contributed by atoms with van der Waals surface area (Å²) in [5.41, 5.74) is 2.69. The van der Waals surface area contributed by atoms with E-state index >= 15 is 0 Å². The summed E-state index contributed by atoms with van der Waals surface area (Å²) in [6.45, 7) is 2.32. The standard InChI is InChI=1S/C33H31Cl2N3O3/c1-2-3-18-36-32(40)29(19-22-10-5-4-6-11-22)37(20-25-26(34)15-9-16-27(25)35)30(39)21-38-28-17-8-13-23-12-7-14-24(31(23)28)33(38)41/h4-17,29H,2-3,18-21H2,1H3,(H,36,40)/t29-/m1/s1. The van der Waals surface area contributed by atoms with E-state index in [9.17, 15) is 14.4 Å². The average Bonchev–Trinajstić information content (AvgIpc) is 3.24. The third-order valence-corrected chi connectivity index (χ3v) is 8.14. The molecule has 0 fully saturated rings. The van der Waals surface area contributed by atoms with Gasteiger partial charge in [0.1, 0.15) is 12.6 Å². The van der Waals surface area contributed by atoms with Crippen molar-refractivity contribution in [2.75, 3.05) is 18.0 Å². The van der Waals surface area contributed by atoms with Crippen molar-refractivity contribution < 1.29 is 14.4 Å². The van der Waals surface area contributed by atoms with E-state index in [0.717, 1.165) is 29.2 Å². The molecule has 41 heavy (non-hydrogen) atoms. The summed E-state index contributed by atoms with van der Waals surface area (Å²) in [6, 6.07) is 25.1. The highest BCUT2D eigenvalue weighted by Crippen LogP contribution is 2.37. The molecule has 0 aromatic heterocycles. The molecule has 0 saturated carbocycles. The Bertz CT molecular complexity index is 1570. The van der Waals surface area contributed by atoms with Gasteiger partial charge >= 0.3 is 0 Å². The fourth-order valence-corrected chi connectivity index (χ4v) is 5.79. The number of anilines is 1. The summed E-state index contributed by atoms with van der Waals surface area (Å²) >= 11 is 13.1. The van der Waals surface area contributed by atoms with Gasteiger partial charge in [0.15, 0.2) is 0 Å². The molecular formula is C33H31Cl2N3O3. The van der Waals surface area contributed by atoms with Crippen molar-refractivity contribution in [1.82, 2.24) is 10.2 Å². The molecule has 1 aliphatic rings. The Hall–Kier alpha value is -3.87. The van der Waals surface area contributed by atoms with Crippen LogP contribution in [0.15, 0.2) is 84.9 Å². The van der Waals surface area contributed by atoms with E-state index < -0.39 is 6.04 Å². The molecule has 5 rings (SSSR count). The lowest BCUT2D eigenvalue weighted by atomic mass is 10.0. The molecule has 0 unspecified atom stereocenters. The predicted molar refractivity (Wildman–Crippen MR) is 164 cm³/mol. The Labute approximate surface area is 249 Å². The van der Waals surface area contributed by atoms with Crippen LogP contribution in [-0.2, 0) is 22.6 Å². The van der Waals surface area contributed by atoms with Gasteiger partial charge < -0.3 is 10.2 Å². The number of carbonyl (C=O) groups excluding carboxylic acids is 3. The van der Waals surface area contributed by atoms with Crippen LogP contribution in [0.4, 0.5) is 5.69 Å². The number of nitrogens with zero attached hydrogens (tertiary/aromatic N) is 2. The second-order valence-corrected chi connectivity index (χ2v) is 11.0. The third-order valence-electron chi connectivity index (χ3n) is 7.43. The van der Waals surface area contributed by atoms with Crippen LogP contribution in [0.5, 0.6) is 0 Å². The lowest BCUT2D eigenvalue weighted by Gasteiger charge is -2.33. The van der Waals surface area contributed by atoms with Gasteiger partial charge in [0.2, 0.25) is 11.8 Å². The zero-order chi connectivity index (χ0) is 28.9. The normalized spacial score (nSPS) is 13.0. The summed E-state index contributed by atoms with van der Waals surface area (Å²) in [4.78, 5) is 44.5. The number of hydrogen-bond donors (Lipinski definition) is 1. The van der Waals surface area contributed by atoms with Crippen LogP contribution in [0.25, 0.3) is 10.8 Å². The first-order valence-electron chi connectivity index (χ1n) is 13.8. The molecule has 0 aliphatic carbocycles. The van der Waals surface area contributed by atoms with Crippen molar-refractivity contribution in [3.8, 4) is 0 Å². The van der Waals surface area contributed by atoms with Gasteiger partial charge in [-0.15, -0.1) is 0 Å². The number of halogens is 2. The summed E-state index contributed by atoms with van der Waals surface area (Å²) in [7, 11) is 0. The van der Waals surface area contributed by atoms with Gasteiger partial charge in [-0.3, -0.25) is 19.3 Å². The van der Waals surface area contributed by atoms with E-state index in [-0.39, 0.29) is 37.2 Å². The van der Waals surface area contributed by atoms with Crippen molar-refractivity contribution in [3.63, 3.8) is 0 Å². The molecule has 210 valence electrons. The number of amides is 3. The molecule has 6 nitrogen and oxygen atoms in total. The molecule has 0 saturated heterocycles. The number of carbonyl (C=O) groups is 3. The van der Waals surface area contributed by atoms with Gasteiger partial charge in [-0.1, -0.05) is 97.2 Å². The Morgan fingerprint density at radius 2 is 1.59 bits per heavy atom. The van der Waals surface area contributed by atoms with Gasteiger partial charge in [-0.25, -0.2) is 0 Å². The molecule has 1 heterocycles. The van der Waals surface area contributed by atoms with Gasteiger partial charge in [-0.05, 0) is 41.6 Å². The number of unbranched alkanes of at least 4 members (excludes halogenated alkanes) is 1. The first kappa shape index (κ1) is 28.7. The van der Waals surface area contributed by atoms with Crippen molar-refractivity contribution in [3.05, 3.63) is 112 Å². The fourth-order valence-electron chi connectivity index (χ4n) is 5.28. The van der Waals surface area contributed by atoms with Crippen molar-refractivity contribution in [2.45, 2.75) is 38.8 Å². The van der Waals surface area contributed by atoms with Crippen LogP contribution >= 0.6 is 23.2 Å². The first-order valence-corrected chi connectivity index (χ1v) is 14.5. The fraction of sp³-hybridized carbons (Fsp3) is 0.242. The highest BCUT2D eigenvalue weighted by Gasteiger charge is 2.36. The third kappa shape index (κ3) is 6.09. The first-order chi connectivity index (χ1) is 19.9. The smallest absolute Gasteiger partial charge is 0.259 e. The van der Waals surface area contributed by atoms with Gasteiger partial charge in [0.25, 0.3) is 5.91 Å². The summed E-state index contributed by atoms with van der Waals surface area (Å²) in [5, 5.41) is 5.56. The lowest BCUT2D eigenvalue weighted by molar-refractivity contribution is -0.140. The molecule has 1 aliphatic heterocycles. The molecular weight excluding hydrogens is 557 g/mol. The Kier molecular flexibility index (Phi) is 8.91. The van der Waals surface area contributed by atoms with E-state index in [4.69, 9.17) is 23.2 Å². The average molecular weight is 589 g/mol. The van der Waals surface area contributed by atoms with Crippen molar-refractivity contribution >= 4 is 57.4 Å². The quantitative estimate of drug-likeness (QED) is 0.199. The molecule has 4 aromatic carbocycles. The lowest BCUT2D eigenvalue weighted by Crippen LogP contribution is -2.53. The molecule has 0 bridgehead atoms. The van der Waals surface area contributed by atoms with E-state index in [1.165, 1.54) is 9.80 Å². The minimum absolute atomic E-state index is 0.00914. The van der Waals surface area contributed by atoms with Crippen LogP contribution in [-0.4, -0.2) is 41.8 Å². The molecule has 1 N–H and O–H groups in total. The SMILES string of the molecule is CCCCNC(=O)[C@@H](Cc1ccccc1)N(Cc1c(Cl)cccc1Cl)C(=O)CN1C(=O)c2cccc3cccc1c23. The minimum Gasteiger partial charge on any atom is -0.354 e. The summed E-state index contributed by atoms with van der Waals surface area (Å²) < 4.78 is 0. The van der Waals surface area contributed by atoms with E-state index in [2.05, 4.69) is 12.2 Å². The maximum Gasteiger partial charge on any atom is 0.259 e. The molecule has 0 radical (unpaired) electrons. The topological polar surface area (TPSA) is 69.7 Å². The highest BCUT2D eigenvalue weighted by atomic mass is 35.5. The van der Waals surface area contributed by atoms with Crippen LogP contribution < -0.4 is 10.2 Å². The van der Waals surface area contributed by atoms with E-state index in [1.54, 1.807) is 24.3 Å². The van der Waals surface area contributed by atoms with Crippen molar-refractivity contribution in [2.24, 2.45) is 0 Å². The number of hydrogen-bond acceptors (Lipinski definition) is 3. The molecule has 8 heteroatoms.